The number of rotatable bonds is 4. The molecule has 1 saturated heterocycles. The van der Waals surface area contributed by atoms with Gasteiger partial charge in [0.2, 0.25) is 5.91 Å². The van der Waals surface area contributed by atoms with E-state index in [9.17, 15) is 4.79 Å². The Morgan fingerprint density at radius 1 is 1.33 bits per heavy atom. The molecule has 2 aliphatic rings. The summed E-state index contributed by atoms with van der Waals surface area (Å²) in [5.74, 6) is 0.486. The number of nitrogens with zero attached hydrogens (tertiary/aromatic N) is 1. The van der Waals surface area contributed by atoms with E-state index in [-0.39, 0.29) is 12.0 Å². The molecule has 4 heteroatoms. The first-order chi connectivity index (χ1) is 8.74. The Labute approximate surface area is 110 Å². The standard InChI is InChI=1S/C14H26N2O2/c1-15-14(17)9-11-10-16(8-7-13(11)18-2)12-5-3-4-6-12/h11-13H,3-10H2,1-2H3,(H,15,17)/t11-,13-/m1/s1. The molecule has 1 amide bonds. The second-order valence-electron chi connectivity index (χ2n) is 5.63. The summed E-state index contributed by atoms with van der Waals surface area (Å²) in [6.07, 6.45) is 7.32. The fourth-order valence-electron chi connectivity index (χ4n) is 3.49. The van der Waals surface area contributed by atoms with Crippen molar-refractivity contribution in [3.63, 3.8) is 0 Å². The van der Waals surface area contributed by atoms with Crippen molar-refractivity contribution < 1.29 is 9.53 Å². The maximum Gasteiger partial charge on any atom is 0.220 e. The number of carbonyl (C=O) groups excluding carboxylic acids is 1. The first kappa shape index (κ1) is 13.8. The van der Waals surface area contributed by atoms with Crippen molar-refractivity contribution in [2.24, 2.45) is 5.92 Å². The molecule has 0 radical (unpaired) electrons. The average Bonchev–Trinajstić information content (AvgIpc) is 2.92. The Morgan fingerprint density at radius 3 is 2.67 bits per heavy atom. The van der Waals surface area contributed by atoms with Gasteiger partial charge in [-0.1, -0.05) is 12.8 Å². The predicted molar refractivity (Wildman–Crippen MR) is 71.4 cm³/mol. The van der Waals surface area contributed by atoms with Gasteiger partial charge in [-0.15, -0.1) is 0 Å². The molecule has 1 N–H and O–H groups in total. The molecule has 104 valence electrons. The molecule has 18 heavy (non-hydrogen) atoms. The van der Waals surface area contributed by atoms with Crippen LogP contribution in [0.25, 0.3) is 0 Å². The summed E-state index contributed by atoms with van der Waals surface area (Å²) in [7, 11) is 3.48. The third-order valence-corrected chi connectivity index (χ3v) is 4.57. The normalized spacial score (nSPS) is 30.6. The van der Waals surface area contributed by atoms with E-state index in [2.05, 4.69) is 10.2 Å². The van der Waals surface area contributed by atoms with Gasteiger partial charge in [0, 0.05) is 45.6 Å². The van der Waals surface area contributed by atoms with Gasteiger partial charge in [0.15, 0.2) is 0 Å². The summed E-state index contributed by atoms with van der Waals surface area (Å²) in [6.45, 7) is 2.16. The topological polar surface area (TPSA) is 41.6 Å². The van der Waals surface area contributed by atoms with Crippen LogP contribution in [0.1, 0.15) is 38.5 Å². The van der Waals surface area contributed by atoms with Gasteiger partial charge >= 0.3 is 0 Å². The van der Waals surface area contributed by atoms with E-state index in [1.165, 1.54) is 25.7 Å². The van der Waals surface area contributed by atoms with Gasteiger partial charge in [0.05, 0.1) is 6.10 Å². The van der Waals surface area contributed by atoms with E-state index in [4.69, 9.17) is 4.74 Å². The van der Waals surface area contributed by atoms with Gasteiger partial charge in [-0.3, -0.25) is 9.69 Å². The Hall–Kier alpha value is -0.610. The fourth-order valence-corrected chi connectivity index (χ4v) is 3.49. The molecule has 1 saturated carbocycles. The van der Waals surface area contributed by atoms with Crippen LogP contribution < -0.4 is 5.32 Å². The molecule has 2 fully saturated rings. The SMILES string of the molecule is CNC(=O)C[C@@H]1CN(C2CCCC2)CC[C@H]1OC. The van der Waals surface area contributed by atoms with Crippen molar-refractivity contribution >= 4 is 5.91 Å². The van der Waals surface area contributed by atoms with Gasteiger partial charge in [0.1, 0.15) is 0 Å². The van der Waals surface area contributed by atoms with Gasteiger partial charge in [-0.25, -0.2) is 0 Å². The second kappa shape index (κ2) is 6.53. The third kappa shape index (κ3) is 3.23. The number of hydrogen-bond donors (Lipinski definition) is 1. The lowest BCUT2D eigenvalue weighted by Crippen LogP contribution is -2.48. The van der Waals surface area contributed by atoms with Crippen molar-refractivity contribution in [2.75, 3.05) is 27.2 Å². The number of methoxy groups -OCH3 is 1. The molecule has 1 heterocycles. The van der Waals surface area contributed by atoms with E-state index >= 15 is 0 Å². The molecule has 0 aromatic rings. The number of nitrogens with one attached hydrogen (secondary N) is 1. The number of amides is 1. The van der Waals surface area contributed by atoms with Crippen LogP contribution in [0.3, 0.4) is 0 Å². The van der Waals surface area contributed by atoms with Gasteiger partial charge in [0.25, 0.3) is 0 Å². The van der Waals surface area contributed by atoms with Crippen molar-refractivity contribution in [1.29, 1.82) is 0 Å². The summed E-state index contributed by atoms with van der Waals surface area (Å²) in [6, 6.07) is 0.759. The number of likely N-dealkylation sites (tertiary alicyclic amines) is 1. The maximum absolute atomic E-state index is 11.6. The highest BCUT2D eigenvalue weighted by atomic mass is 16.5. The van der Waals surface area contributed by atoms with Crippen LogP contribution in [-0.4, -0.2) is 50.2 Å². The van der Waals surface area contributed by atoms with Crippen molar-refractivity contribution in [3.05, 3.63) is 0 Å². The smallest absolute Gasteiger partial charge is 0.220 e. The zero-order valence-corrected chi connectivity index (χ0v) is 11.7. The van der Waals surface area contributed by atoms with Crippen molar-refractivity contribution in [2.45, 2.75) is 50.7 Å². The molecular formula is C14H26N2O2. The summed E-state index contributed by atoms with van der Waals surface area (Å²) in [5.41, 5.74) is 0. The van der Waals surface area contributed by atoms with E-state index in [0.717, 1.165) is 25.6 Å². The molecule has 2 rings (SSSR count). The van der Waals surface area contributed by atoms with Crippen LogP contribution in [0.4, 0.5) is 0 Å². The molecule has 0 bridgehead atoms. The molecule has 0 spiro atoms. The zero-order chi connectivity index (χ0) is 13.0. The lowest BCUT2D eigenvalue weighted by molar-refractivity contribution is -0.124. The average molecular weight is 254 g/mol. The molecule has 0 aromatic heterocycles. The minimum atomic E-state index is 0.135. The molecule has 1 aliphatic carbocycles. The predicted octanol–water partition coefficient (Wildman–Crippen LogP) is 1.40. The Kier molecular flexibility index (Phi) is 5.01. The molecule has 1 aliphatic heterocycles. The van der Waals surface area contributed by atoms with Crippen LogP contribution in [0.2, 0.25) is 0 Å². The summed E-state index contributed by atoms with van der Waals surface area (Å²) in [5, 5.41) is 2.73. The quantitative estimate of drug-likeness (QED) is 0.824. The Bertz CT molecular complexity index is 277. The minimum Gasteiger partial charge on any atom is -0.381 e. The van der Waals surface area contributed by atoms with Crippen LogP contribution >= 0.6 is 0 Å². The monoisotopic (exact) mass is 254 g/mol. The lowest BCUT2D eigenvalue weighted by atomic mass is 9.90. The molecule has 2 atom stereocenters. The number of hydrogen-bond acceptors (Lipinski definition) is 3. The molecule has 0 unspecified atom stereocenters. The minimum absolute atomic E-state index is 0.135. The Morgan fingerprint density at radius 2 is 2.06 bits per heavy atom. The number of ether oxygens (including phenoxy) is 1. The number of piperidine rings is 1. The van der Waals surface area contributed by atoms with E-state index < -0.39 is 0 Å². The Balaban J connectivity index is 1.92. The van der Waals surface area contributed by atoms with Crippen LogP contribution in [0.15, 0.2) is 0 Å². The van der Waals surface area contributed by atoms with E-state index in [0.29, 0.717) is 12.3 Å². The van der Waals surface area contributed by atoms with Crippen molar-refractivity contribution in [3.8, 4) is 0 Å². The van der Waals surface area contributed by atoms with Crippen LogP contribution in [0.5, 0.6) is 0 Å². The molecule has 0 aromatic carbocycles. The highest BCUT2D eigenvalue weighted by molar-refractivity contribution is 5.75. The summed E-state index contributed by atoms with van der Waals surface area (Å²) < 4.78 is 5.55. The molecule has 4 nitrogen and oxygen atoms in total. The number of carbonyl (C=O) groups is 1. The lowest BCUT2D eigenvalue weighted by Gasteiger charge is -2.40. The zero-order valence-electron chi connectivity index (χ0n) is 11.7. The highest BCUT2D eigenvalue weighted by Crippen LogP contribution is 2.30. The third-order valence-electron chi connectivity index (χ3n) is 4.57. The van der Waals surface area contributed by atoms with Crippen LogP contribution in [-0.2, 0) is 9.53 Å². The van der Waals surface area contributed by atoms with Crippen molar-refractivity contribution in [1.82, 2.24) is 10.2 Å². The van der Waals surface area contributed by atoms with Gasteiger partial charge in [-0.05, 0) is 19.3 Å². The summed E-state index contributed by atoms with van der Waals surface area (Å²) >= 11 is 0. The summed E-state index contributed by atoms with van der Waals surface area (Å²) in [4.78, 5) is 14.2. The first-order valence-corrected chi connectivity index (χ1v) is 7.22. The largest absolute Gasteiger partial charge is 0.381 e. The van der Waals surface area contributed by atoms with E-state index in [1.54, 1.807) is 14.2 Å². The first-order valence-electron chi connectivity index (χ1n) is 7.22. The fraction of sp³-hybridized carbons (Fsp3) is 0.929. The van der Waals surface area contributed by atoms with Gasteiger partial charge in [-0.2, -0.15) is 0 Å². The second-order valence-corrected chi connectivity index (χ2v) is 5.63. The maximum atomic E-state index is 11.6. The molecular weight excluding hydrogens is 228 g/mol. The highest BCUT2D eigenvalue weighted by Gasteiger charge is 2.34. The van der Waals surface area contributed by atoms with E-state index in [1.807, 2.05) is 0 Å². The van der Waals surface area contributed by atoms with Crippen LogP contribution in [0, 0.1) is 5.92 Å². The van der Waals surface area contributed by atoms with Gasteiger partial charge < -0.3 is 10.1 Å².